The summed E-state index contributed by atoms with van der Waals surface area (Å²) in [7, 11) is 0. The summed E-state index contributed by atoms with van der Waals surface area (Å²) in [4.78, 5) is 11.0. The first-order valence-corrected chi connectivity index (χ1v) is 21.7. The van der Waals surface area contributed by atoms with E-state index in [0.29, 0.717) is 5.95 Å². The van der Waals surface area contributed by atoms with Crippen LogP contribution in [0.1, 0.15) is 0 Å². The third-order valence-electron chi connectivity index (χ3n) is 12.7. The van der Waals surface area contributed by atoms with Crippen molar-refractivity contribution in [2.45, 2.75) is 0 Å². The highest BCUT2D eigenvalue weighted by Crippen LogP contribution is 2.49. The van der Waals surface area contributed by atoms with Crippen LogP contribution >= 0.6 is 11.3 Å². The number of hydrogen-bond acceptors (Lipinski definition) is 4. The second kappa shape index (κ2) is 12.7. The second-order valence-electron chi connectivity index (χ2n) is 16.1. The van der Waals surface area contributed by atoms with E-state index in [2.05, 4.69) is 203 Å². The van der Waals surface area contributed by atoms with Gasteiger partial charge in [0, 0.05) is 69.1 Å². The van der Waals surface area contributed by atoms with Gasteiger partial charge in [0.25, 0.3) is 0 Å². The molecule has 0 unspecified atom stereocenters. The zero-order valence-corrected chi connectivity index (χ0v) is 33.9. The SMILES string of the molecule is c1ccc(-n2c3ccccc3c3c2c2oc4ccccc4c2c2c4ccccc4n(-c4nc(-c5ccc(-c6ccc7sc8ccccc8c7c6)cc5)c5ccccc5n4)c23)cc1. The van der Waals surface area contributed by atoms with Crippen molar-refractivity contribution in [1.82, 2.24) is 19.1 Å². The van der Waals surface area contributed by atoms with Gasteiger partial charge in [0.05, 0.1) is 33.3 Å². The van der Waals surface area contributed by atoms with Crippen molar-refractivity contribution in [3.05, 3.63) is 194 Å². The van der Waals surface area contributed by atoms with E-state index >= 15 is 0 Å². The molecular weight excluding hydrogens is 777 g/mol. The number of para-hydroxylation sites is 5. The molecule has 0 amide bonds. The molecule has 0 aliphatic carbocycles. The lowest BCUT2D eigenvalue weighted by atomic mass is 9.99. The summed E-state index contributed by atoms with van der Waals surface area (Å²) in [6.07, 6.45) is 0. The highest BCUT2D eigenvalue weighted by atomic mass is 32.1. The lowest BCUT2D eigenvalue weighted by Crippen LogP contribution is -2.04. The maximum absolute atomic E-state index is 6.98. The summed E-state index contributed by atoms with van der Waals surface area (Å²) < 4.78 is 14.3. The van der Waals surface area contributed by atoms with E-state index < -0.39 is 0 Å². The Bertz CT molecular complexity index is 4150. The predicted molar refractivity (Wildman–Crippen MR) is 259 cm³/mol. The van der Waals surface area contributed by atoms with Crippen molar-refractivity contribution in [3.8, 4) is 34.0 Å². The average molecular weight is 809 g/mol. The summed E-state index contributed by atoms with van der Waals surface area (Å²) in [5, 5.41) is 10.2. The van der Waals surface area contributed by atoms with Gasteiger partial charge < -0.3 is 8.98 Å². The predicted octanol–water partition coefficient (Wildman–Crippen LogP) is 15.4. The number of aromatic nitrogens is 4. The van der Waals surface area contributed by atoms with Gasteiger partial charge >= 0.3 is 0 Å². The smallest absolute Gasteiger partial charge is 0.235 e. The number of benzene rings is 9. The molecule has 0 N–H and O–H groups in total. The Morgan fingerprint density at radius 2 is 1.02 bits per heavy atom. The Labute approximate surface area is 358 Å². The summed E-state index contributed by atoms with van der Waals surface area (Å²) in [6.45, 7) is 0. The molecule has 0 aliphatic rings. The van der Waals surface area contributed by atoms with Gasteiger partial charge in [-0.2, -0.15) is 0 Å². The topological polar surface area (TPSA) is 48.8 Å². The third kappa shape index (κ3) is 4.67. The Balaban J connectivity index is 1.07. The van der Waals surface area contributed by atoms with Crippen LogP contribution in [0.5, 0.6) is 0 Å². The molecule has 6 heteroatoms. The fraction of sp³-hybridized carbons (Fsp3) is 0. The fourth-order valence-electron chi connectivity index (χ4n) is 10.0. The van der Waals surface area contributed by atoms with Gasteiger partial charge in [-0.15, -0.1) is 11.3 Å². The van der Waals surface area contributed by atoms with Crippen LogP contribution in [-0.2, 0) is 0 Å². The first kappa shape index (κ1) is 33.7. The van der Waals surface area contributed by atoms with Gasteiger partial charge in [-0.1, -0.05) is 140 Å². The van der Waals surface area contributed by atoms with Crippen LogP contribution < -0.4 is 0 Å². The molecule has 0 aliphatic heterocycles. The highest BCUT2D eigenvalue weighted by Gasteiger charge is 2.28. The molecule has 0 bridgehead atoms. The summed E-state index contributed by atoms with van der Waals surface area (Å²) in [5.74, 6) is 0.619. The van der Waals surface area contributed by atoms with Crippen LogP contribution in [0.15, 0.2) is 199 Å². The van der Waals surface area contributed by atoms with Crippen molar-refractivity contribution in [2.24, 2.45) is 0 Å². The van der Waals surface area contributed by atoms with Gasteiger partial charge in [-0.25, -0.2) is 9.97 Å². The van der Waals surface area contributed by atoms with Gasteiger partial charge in [-0.3, -0.25) is 4.57 Å². The van der Waals surface area contributed by atoms with Gasteiger partial charge in [-0.05, 0) is 65.7 Å². The largest absolute Gasteiger partial charge is 0.454 e. The number of fused-ring (bicyclic) bond motifs is 16. The molecule has 14 aromatic rings. The standard InChI is InChI=1S/C56H32N4OS/c1-2-14-36(15-3-1)59-44-22-10-6-19-40(44)51-53-49(50-41-20-7-12-24-46(41)61-55(50)54(51)59)39-18-5-11-23-45(39)60(53)56-57-43-21-9-4-17-38(43)52(58-56)34-28-26-33(27-29-34)35-30-31-48-42(32-35)37-16-8-13-25-47(37)62-48/h1-32H. The van der Waals surface area contributed by atoms with Crippen LogP contribution in [0.4, 0.5) is 0 Å². The van der Waals surface area contributed by atoms with Crippen LogP contribution in [0.3, 0.4) is 0 Å². The first-order valence-electron chi connectivity index (χ1n) is 20.9. The maximum atomic E-state index is 6.98. The van der Waals surface area contributed by atoms with E-state index in [0.717, 1.165) is 93.4 Å². The van der Waals surface area contributed by atoms with Crippen molar-refractivity contribution < 1.29 is 4.42 Å². The van der Waals surface area contributed by atoms with Crippen LogP contribution in [0.2, 0.25) is 0 Å². The molecule has 62 heavy (non-hydrogen) atoms. The van der Waals surface area contributed by atoms with Crippen LogP contribution in [-0.4, -0.2) is 19.1 Å². The van der Waals surface area contributed by atoms with Gasteiger partial charge in [0.2, 0.25) is 5.95 Å². The summed E-state index contributed by atoms with van der Waals surface area (Å²) >= 11 is 1.85. The Morgan fingerprint density at radius 3 is 1.84 bits per heavy atom. The zero-order chi connectivity index (χ0) is 40.5. The minimum atomic E-state index is 0.619. The molecule has 288 valence electrons. The third-order valence-corrected chi connectivity index (χ3v) is 13.9. The highest BCUT2D eigenvalue weighted by molar-refractivity contribution is 7.25. The van der Waals surface area contributed by atoms with Crippen LogP contribution in [0, 0.1) is 0 Å². The zero-order valence-electron chi connectivity index (χ0n) is 33.1. The Hall–Kier alpha value is -8.06. The first-order chi connectivity index (χ1) is 30.8. The lowest BCUT2D eigenvalue weighted by molar-refractivity contribution is 0.671. The number of furan rings is 1. The molecule has 0 spiro atoms. The number of nitrogens with zero attached hydrogens (tertiary/aromatic N) is 4. The monoisotopic (exact) mass is 808 g/mol. The number of thiophene rings is 1. The lowest BCUT2D eigenvalue weighted by Gasteiger charge is -2.13. The molecule has 5 heterocycles. The average Bonchev–Trinajstić information content (AvgIpc) is 4.09. The van der Waals surface area contributed by atoms with Gasteiger partial charge in [0.1, 0.15) is 5.58 Å². The quantitative estimate of drug-likeness (QED) is 0.178. The van der Waals surface area contributed by atoms with E-state index in [-0.39, 0.29) is 0 Å². The van der Waals surface area contributed by atoms with E-state index in [4.69, 9.17) is 14.4 Å². The normalized spacial score (nSPS) is 12.2. The minimum absolute atomic E-state index is 0.619. The molecule has 0 fully saturated rings. The Morgan fingerprint density at radius 1 is 0.403 bits per heavy atom. The van der Waals surface area contributed by atoms with Crippen molar-refractivity contribution in [1.29, 1.82) is 0 Å². The molecule has 5 nitrogen and oxygen atoms in total. The van der Waals surface area contributed by atoms with Crippen LogP contribution in [0.25, 0.3) is 131 Å². The molecule has 5 aromatic heterocycles. The number of rotatable bonds is 4. The van der Waals surface area contributed by atoms with E-state index in [1.54, 1.807) is 0 Å². The molecule has 9 aromatic carbocycles. The molecule has 0 saturated heterocycles. The molecule has 0 atom stereocenters. The molecule has 0 radical (unpaired) electrons. The van der Waals surface area contributed by atoms with Gasteiger partial charge in [0.15, 0.2) is 5.58 Å². The van der Waals surface area contributed by atoms with Crippen molar-refractivity contribution >= 4 is 108 Å². The Kier molecular flexibility index (Phi) is 6.92. The molecule has 0 saturated carbocycles. The van der Waals surface area contributed by atoms with E-state index in [1.807, 2.05) is 11.3 Å². The summed E-state index contributed by atoms with van der Waals surface area (Å²) in [6, 6.07) is 69.2. The summed E-state index contributed by atoms with van der Waals surface area (Å²) in [5.41, 5.74) is 12.2. The van der Waals surface area contributed by atoms with E-state index in [9.17, 15) is 0 Å². The minimum Gasteiger partial charge on any atom is -0.454 e. The maximum Gasteiger partial charge on any atom is 0.235 e. The van der Waals surface area contributed by atoms with Crippen molar-refractivity contribution in [2.75, 3.05) is 0 Å². The van der Waals surface area contributed by atoms with Crippen molar-refractivity contribution in [3.63, 3.8) is 0 Å². The fourth-order valence-corrected chi connectivity index (χ4v) is 11.1. The number of hydrogen-bond donors (Lipinski definition) is 0. The van der Waals surface area contributed by atoms with E-state index in [1.165, 1.54) is 31.3 Å². The molecular formula is C56H32N4OS. The second-order valence-corrected chi connectivity index (χ2v) is 17.1. The molecule has 14 rings (SSSR count).